The molecule has 2 atom stereocenters. The Hall–Kier alpha value is -2.06. The van der Waals surface area contributed by atoms with Gasteiger partial charge in [0.15, 0.2) is 0 Å². The lowest BCUT2D eigenvalue weighted by Gasteiger charge is -2.14. The number of aliphatic hydroxyl groups excluding tert-OH is 2. The van der Waals surface area contributed by atoms with E-state index in [0.717, 1.165) is 18.3 Å². The summed E-state index contributed by atoms with van der Waals surface area (Å²) in [6.07, 6.45) is -2.72. The molecule has 0 saturated carbocycles. The molecule has 0 radical (unpaired) electrons. The lowest BCUT2D eigenvalue weighted by Crippen LogP contribution is -2.22. The second-order valence-electron chi connectivity index (χ2n) is 3.31. The average Bonchev–Trinajstić information content (AvgIpc) is 2.27. The van der Waals surface area contributed by atoms with Crippen LogP contribution in [0, 0.1) is 10.1 Å². The van der Waals surface area contributed by atoms with E-state index in [1.807, 2.05) is 0 Å². The van der Waals surface area contributed by atoms with Crippen molar-refractivity contribution >= 4 is 11.7 Å². The Morgan fingerprint density at radius 1 is 1.53 bits per heavy atom. The van der Waals surface area contributed by atoms with Crippen LogP contribution in [0.5, 0.6) is 0 Å². The molecule has 8 nitrogen and oxygen atoms in total. The van der Waals surface area contributed by atoms with Crippen molar-refractivity contribution < 1.29 is 25.0 Å². The maximum absolute atomic E-state index is 10.5. The predicted octanol–water partition coefficient (Wildman–Crippen LogP) is -0.141. The first-order valence-electron chi connectivity index (χ1n) is 4.60. The van der Waals surface area contributed by atoms with Gasteiger partial charge in [-0.2, -0.15) is 0 Å². The van der Waals surface area contributed by atoms with Crippen molar-refractivity contribution in [3.05, 3.63) is 34.1 Å². The monoisotopic (exact) mass is 242 g/mol. The Labute approximate surface area is 95.3 Å². The highest BCUT2D eigenvalue weighted by Gasteiger charge is 2.23. The first kappa shape index (κ1) is 13.0. The largest absolute Gasteiger partial charge is 0.481 e. The highest BCUT2D eigenvalue weighted by Crippen LogP contribution is 2.20. The van der Waals surface area contributed by atoms with Gasteiger partial charge < -0.3 is 15.3 Å². The van der Waals surface area contributed by atoms with Crippen molar-refractivity contribution in [1.29, 1.82) is 0 Å². The van der Waals surface area contributed by atoms with E-state index in [2.05, 4.69) is 4.98 Å². The van der Waals surface area contributed by atoms with Crippen LogP contribution < -0.4 is 0 Å². The normalized spacial score (nSPS) is 14.0. The number of carbonyl (C=O) groups is 1. The first-order valence-corrected chi connectivity index (χ1v) is 4.60. The minimum atomic E-state index is -1.58. The van der Waals surface area contributed by atoms with E-state index < -0.39 is 29.5 Å². The Balaban J connectivity index is 2.88. The Morgan fingerprint density at radius 3 is 2.71 bits per heavy atom. The fourth-order valence-electron chi connectivity index (χ4n) is 1.20. The van der Waals surface area contributed by atoms with Gasteiger partial charge in [0.2, 0.25) is 0 Å². The fourth-order valence-corrected chi connectivity index (χ4v) is 1.20. The van der Waals surface area contributed by atoms with Gasteiger partial charge in [-0.1, -0.05) is 0 Å². The number of aromatic nitrogens is 1. The molecule has 3 N–H and O–H groups in total. The molecular formula is C9H10N2O6. The van der Waals surface area contributed by atoms with Crippen LogP contribution in [0.1, 0.15) is 18.2 Å². The maximum Gasteiger partial charge on any atom is 0.306 e. The second-order valence-corrected chi connectivity index (χ2v) is 3.31. The fraction of sp³-hybridized carbons (Fsp3) is 0.333. The van der Waals surface area contributed by atoms with E-state index in [1.165, 1.54) is 0 Å². The molecule has 0 spiro atoms. The molecule has 1 aromatic heterocycles. The predicted molar refractivity (Wildman–Crippen MR) is 54.1 cm³/mol. The summed E-state index contributed by atoms with van der Waals surface area (Å²) in [6, 6.07) is 2.11. The van der Waals surface area contributed by atoms with Crippen LogP contribution in [0.15, 0.2) is 18.3 Å². The zero-order valence-corrected chi connectivity index (χ0v) is 8.55. The van der Waals surface area contributed by atoms with Crippen LogP contribution in [-0.4, -0.2) is 37.3 Å². The van der Waals surface area contributed by atoms with Crippen molar-refractivity contribution in [2.45, 2.75) is 18.6 Å². The molecule has 0 aromatic carbocycles. The molecule has 1 rings (SSSR count). The van der Waals surface area contributed by atoms with Crippen molar-refractivity contribution in [1.82, 2.24) is 4.98 Å². The minimum absolute atomic E-state index is 0.145. The molecule has 0 amide bonds. The number of nitrogens with zero attached hydrogens (tertiary/aromatic N) is 2. The topological polar surface area (TPSA) is 134 Å². The molecule has 0 aliphatic carbocycles. The summed E-state index contributed by atoms with van der Waals surface area (Å²) in [5, 5.41) is 37.8. The van der Waals surface area contributed by atoms with Gasteiger partial charge in [0.25, 0.3) is 5.69 Å². The van der Waals surface area contributed by atoms with Crippen LogP contribution in [-0.2, 0) is 4.79 Å². The number of rotatable bonds is 5. The van der Waals surface area contributed by atoms with Crippen LogP contribution in [0.2, 0.25) is 0 Å². The van der Waals surface area contributed by atoms with Gasteiger partial charge in [-0.25, -0.2) is 0 Å². The van der Waals surface area contributed by atoms with Crippen LogP contribution in [0.25, 0.3) is 0 Å². The van der Waals surface area contributed by atoms with Crippen molar-refractivity contribution in [3.63, 3.8) is 0 Å². The van der Waals surface area contributed by atoms with E-state index in [-0.39, 0.29) is 11.4 Å². The summed E-state index contributed by atoms with van der Waals surface area (Å²) in [4.78, 5) is 23.7. The average molecular weight is 242 g/mol. The second kappa shape index (κ2) is 5.32. The van der Waals surface area contributed by atoms with Gasteiger partial charge >= 0.3 is 5.97 Å². The zero-order chi connectivity index (χ0) is 13.0. The Kier molecular flexibility index (Phi) is 4.07. The quantitative estimate of drug-likeness (QED) is 0.483. The molecule has 1 aromatic rings. The first-order chi connectivity index (χ1) is 7.91. The molecule has 0 fully saturated rings. The number of hydrogen-bond acceptors (Lipinski definition) is 6. The number of carboxylic acid groups (broad SMARTS) is 1. The molecule has 8 heteroatoms. The summed E-state index contributed by atoms with van der Waals surface area (Å²) in [5.74, 6) is -1.29. The molecule has 17 heavy (non-hydrogen) atoms. The van der Waals surface area contributed by atoms with Crippen molar-refractivity contribution in [3.8, 4) is 0 Å². The van der Waals surface area contributed by atoms with Gasteiger partial charge in [0.05, 0.1) is 23.1 Å². The summed E-state index contributed by atoms with van der Waals surface area (Å²) in [7, 11) is 0. The van der Waals surface area contributed by atoms with E-state index in [4.69, 9.17) is 5.11 Å². The zero-order valence-electron chi connectivity index (χ0n) is 8.55. The molecule has 0 bridgehead atoms. The van der Waals surface area contributed by atoms with Gasteiger partial charge in [-0.15, -0.1) is 0 Å². The highest BCUT2D eigenvalue weighted by atomic mass is 16.6. The molecule has 0 saturated heterocycles. The number of carboxylic acids is 1. The van der Waals surface area contributed by atoms with Gasteiger partial charge in [-0.05, 0) is 0 Å². The summed E-state index contributed by atoms with van der Waals surface area (Å²) in [6.45, 7) is 0. The number of aliphatic hydroxyl groups is 2. The Morgan fingerprint density at radius 2 is 2.18 bits per heavy atom. The van der Waals surface area contributed by atoms with E-state index in [1.54, 1.807) is 0 Å². The SMILES string of the molecule is O=C(O)CC(O)C(O)c1cc([N+](=O)[O-])ccn1. The molecule has 0 aliphatic rings. The van der Waals surface area contributed by atoms with Gasteiger partial charge in [0, 0.05) is 18.3 Å². The maximum atomic E-state index is 10.5. The lowest BCUT2D eigenvalue weighted by atomic mass is 10.1. The number of nitro groups is 1. The summed E-state index contributed by atoms with van der Waals surface area (Å²) >= 11 is 0. The third kappa shape index (κ3) is 3.47. The van der Waals surface area contributed by atoms with E-state index in [9.17, 15) is 25.1 Å². The third-order valence-electron chi connectivity index (χ3n) is 2.03. The third-order valence-corrected chi connectivity index (χ3v) is 2.03. The number of hydrogen-bond donors (Lipinski definition) is 3. The Bertz CT molecular complexity index is 435. The van der Waals surface area contributed by atoms with Crippen LogP contribution in [0.4, 0.5) is 5.69 Å². The number of aliphatic carboxylic acids is 1. The van der Waals surface area contributed by atoms with E-state index in [0.29, 0.717) is 0 Å². The molecule has 2 unspecified atom stereocenters. The van der Waals surface area contributed by atoms with Crippen LogP contribution >= 0.6 is 0 Å². The van der Waals surface area contributed by atoms with Gasteiger partial charge in [-0.3, -0.25) is 19.9 Å². The molecule has 1 heterocycles. The molecule has 92 valence electrons. The standard InChI is InChI=1S/C9H10N2O6/c12-7(4-8(13)14)9(15)6-3-5(11(16)17)1-2-10-6/h1-3,7,9,12,15H,4H2,(H,13,14). The summed E-state index contributed by atoms with van der Waals surface area (Å²) in [5.41, 5.74) is -0.440. The van der Waals surface area contributed by atoms with Gasteiger partial charge in [0.1, 0.15) is 6.10 Å². The summed E-state index contributed by atoms with van der Waals surface area (Å²) < 4.78 is 0. The van der Waals surface area contributed by atoms with Crippen molar-refractivity contribution in [2.24, 2.45) is 0 Å². The minimum Gasteiger partial charge on any atom is -0.481 e. The number of pyridine rings is 1. The molecule has 0 aliphatic heterocycles. The smallest absolute Gasteiger partial charge is 0.306 e. The highest BCUT2D eigenvalue weighted by molar-refractivity contribution is 5.67. The van der Waals surface area contributed by atoms with E-state index >= 15 is 0 Å². The van der Waals surface area contributed by atoms with Crippen molar-refractivity contribution in [2.75, 3.05) is 0 Å². The molecular weight excluding hydrogens is 232 g/mol. The lowest BCUT2D eigenvalue weighted by molar-refractivity contribution is -0.385. The van der Waals surface area contributed by atoms with Crippen LogP contribution in [0.3, 0.4) is 0 Å².